The zero-order chi connectivity index (χ0) is 27.9. The van der Waals surface area contributed by atoms with Gasteiger partial charge >= 0.3 is 6.18 Å². The number of ketones is 1. The Bertz CT molecular complexity index is 1820. The zero-order valence-corrected chi connectivity index (χ0v) is 21.2. The molecule has 0 amide bonds. The van der Waals surface area contributed by atoms with Crippen molar-refractivity contribution >= 4 is 33.7 Å². The maximum Gasteiger partial charge on any atom is 0.416 e. The summed E-state index contributed by atoms with van der Waals surface area (Å²) in [6.45, 7) is 4.06. The van der Waals surface area contributed by atoms with Crippen LogP contribution in [0.2, 0.25) is 0 Å². The topological polar surface area (TPSA) is 48.1 Å². The number of rotatable bonds is 3. The molecule has 0 unspecified atom stereocenters. The lowest BCUT2D eigenvalue weighted by Gasteiger charge is -2.30. The number of hydrogen-bond donors (Lipinski definition) is 0. The number of hydrogen-bond acceptors (Lipinski definition) is 2. The Labute approximate surface area is 221 Å². The van der Waals surface area contributed by atoms with Crippen molar-refractivity contribution in [1.82, 2.24) is 4.57 Å². The fourth-order valence-corrected chi connectivity index (χ4v) is 5.65. The summed E-state index contributed by atoms with van der Waals surface area (Å²) in [5.74, 6) is -1.93. The molecule has 0 atom stereocenters. The number of halogens is 4. The molecular weight excluding hydrogens is 508 g/mol. The molecule has 0 spiro atoms. The highest BCUT2D eigenvalue weighted by molar-refractivity contribution is 6.41. The van der Waals surface area contributed by atoms with Crippen LogP contribution in [0.1, 0.15) is 30.5 Å². The van der Waals surface area contributed by atoms with Crippen molar-refractivity contribution in [3.63, 3.8) is 0 Å². The number of carbonyl (C=O) groups excluding carboxylic acids is 1. The van der Waals surface area contributed by atoms with Crippen molar-refractivity contribution in [3.8, 4) is 5.69 Å². The molecule has 196 valence electrons. The zero-order valence-electron chi connectivity index (χ0n) is 21.2. The Morgan fingerprint density at radius 2 is 1.69 bits per heavy atom. The number of Topliss-reactive ketones (excluding diaryl/α,β-unsaturated/α-hetero) is 1. The van der Waals surface area contributed by atoms with Gasteiger partial charge in [-0.2, -0.15) is 17.7 Å². The molecule has 1 aromatic heterocycles. The number of carbonyl (C=O) groups is 1. The number of para-hydroxylation sites is 2. The minimum absolute atomic E-state index is 0.0415. The van der Waals surface area contributed by atoms with Gasteiger partial charge in [-0.15, -0.1) is 0 Å². The molecule has 0 radical (unpaired) electrons. The summed E-state index contributed by atoms with van der Waals surface area (Å²) >= 11 is 0. The van der Waals surface area contributed by atoms with Crippen LogP contribution in [0.25, 0.3) is 22.2 Å². The van der Waals surface area contributed by atoms with Crippen molar-refractivity contribution in [2.24, 2.45) is 0 Å². The summed E-state index contributed by atoms with van der Waals surface area (Å²) in [6.07, 6.45) is -1.68. The van der Waals surface area contributed by atoms with Crippen molar-refractivity contribution in [3.05, 3.63) is 113 Å². The van der Waals surface area contributed by atoms with Crippen LogP contribution in [0.15, 0.2) is 90.3 Å². The third-order valence-corrected chi connectivity index (χ3v) is 7.63. The Morgan fingerprint density at radius 3 is 2.38 bits per heavy atom. The molecule has 4 aromatic rings. The highest BCUT2D eigenvalue weighted by Crippen LogP contribution is 2.43. The van der Waals surface area contributed by atoms with E-state index in [1.807, 2.05) is 49.7 Å². The molecule has 6 rings (SSSR count). The molecule has 2 aliphatic rings. The Kier molecular flexibility index (Phi) is 5.27. The summed E-state index contributed by atoms with van der Waals surface area (Å²) < 4.78 is 57.7. The van der Waals surface area contributed by atoms with E-state index in [2.05, 4.69) is 0 Å². The molecule has 4 nitrogen and oxygen atoms in total. The van der Waals surface area contributed by atoms with Gasteiger partial charge in [0.15, 0.2) is 11.5 Å². The minimum Gasteiger partial charge on any atom is -0.871 e. The van der Waals surface area contributed by atoms with Gasteiger partial charge in [0.1, 0.15) is 12.9 Å². The number of benzene rings is 3. The summed E-state index contributed by atoms with van der Waals surface area (Å²) in [6, 6.07) is 16.8. The molecule has 1 aliphatic heterocycles. The van der Waals surface area contributed by atoms with Gasteiger partial charge in [0.25, 0.3) is 0 Å². The van der Waals surface area contributed by atoms with Crippen LogP contribution >= 0.6 is 0 Å². The van der Waals surface area contributed by atoms with Crippen LogP contribution < -0.4 is 5.11 Å². The summed E-state index contributed by atoms with van der Waals surface area (Å²) in [4.78, 5) is 13.4. The smallest absolute Gasteiger partial charge is 0.416 e. The first kappa shape index (κ1) is 24.9. The molecule has 0 saturated carbocycles. The number of allylic oxidation sites excluding steroid dienone is 3. The first-order valence-electron chi connectivity index (χ1n) is 12.3. The predicted molar refractivity (Wildman–Crippen MR) is 139 cm³/mol. The van der Waals surface area contributed by atoms with Crippen molar-refractivity contribution in [2.75, 3.05) is 7.05 Å². The van der Waals surface area contributed by atoms with Crippen molar-refractivity contribution in [2.45, 2.75) is 25.4 Å². The van der Waals surface area contributed by atoms with Crippen LogP contribution in [-0.2, 0) is 16.4 Å². The lowest BCUT2D eigenvalue weighted by molar-refractivity contribution is -0.401. The third kappa shape index (κ3) is 3.66. The first-order valence-corrected chi connectivity index (χ1v) is 12.3. The van der Waals surface area contributed by atoms with E-state index in [-0.39, 0.29) is 16.8 Å². The normalized spacial score (nSPS) is 17.8. The molecule has 39 heavy (non-hydrogen) atoms. The average Bonchev–Trinajstić information content (AvgIpc) is 3.35. The highest BCUT2D eigenvalue weighted by atomic mass is 19.4. The van der Waals surface area contributed by atoms with Gasteiger partial charge in [-0.05, 0) is 38.1 Å². The van der Waals surface area contributed by atoms with E-state index in [1.165, 1.54) is 10.8 Å². The quantitative estimate of drug-likeness (QED) is 0.183. The molecule has 2 heterocycles. The van der Waals surface area contributed by atoms with E-state index >= 15 is 0 Å². The molecule has 8 heteroatoms. The van der Waals surface area contributed by atoms with Gasteiger partial charge in [-0.1, -0.05) is 42.2 Å². The van der Waals surface area contributed by atoms with Gasteiger partial charge in [-0.3, -0.25) is 4.79 Å². The average molecular weight is 531 g/mol. The van der Waals surface area contributed by atoms with Gasteiger partial charge in [0, 0.05) is 51.7 Å². The van der Waals surface area contributed by atoms with Gasteiger partial charge in [0.05, 0.1) is 16.5 Å². The fraction of sp³-hybridized carbons (Fsp3) is 0.161. The first-order chi connectivity index (χ1) is 18.4. The second-order valence-corrected chi connectivity index (χ2v) is 10.3. The number of aromatic nitrogens is 1. The maximum absolute atomic E-state index is 14.2. The van der Waals surface area contributed by atoms with E-state index in [1.54, 1.807) is 30.3 Å². The lowest BCUT2D eigenvalue weighted by atomic mass is 9.77. The van der Waals surface area contributed by atoms with Crippen LogP contribution in [0, 0.1) is 5.82 Å². The predicted octanol–water partition coefficient (Wildman–Crippen LogP) is 6.08. The van der Waals surface area contributed by atoms with Crippen molar-refractivity contribution < 1.29 is 32.0 Å². The Balaban J connectivity index is 1.48. The standard InChI is InChI=1S/C31H22F4N2O2/c1-30(2)23-9-5-7-11-25(23)36(3)26(30)15-21-28(38)27(29(21)39)22-16-37(24-10-6-4-8-20(22)24)19-13-17(31(33,34)35)12-18(32)14-19/h4-16H,1-3H3. The number of alkyl halides is 3. The SMILES string of the molecule is C[N+]1=C(/C=C2\C(=O)C(c3cn(-c4cc(F)cc(C(F)(F)F)c4)c4ccccc34)=C2[O-])C(C)(C)c2ccccc21. The van der Waals surface area contributed by atoms with E-state index < -0.39 is 34.5 Å². The Morgan fingerprint density at radius 1 is 1.00 bits per heavy atom. The minimum atomic E-state index is -4.74. The van der Waals surface area contributed by atoms with Crippen LogP contribution in [-0.4, -0.2) is 27.7 Å². The monoisotopic (exact) mass is 530 g/mol. The van der Waals surface area contributed by atoms with E-state index in [4.69, 9.17) is 0 Å². The molecule has 3 aromatic carbocycles. The highest BCUT2D eigenvalue weighted by Gasteiger charge is 2.44. The molecule has 0 N–H and O–H groups in total. The molecule has 0 bridgehead atoms. The lowest BCUT2D eigenvalue weighted by Crippen LogP contribution is -2.33. The number of fused-ring (bicyclic) bond motifs is 2. The van der Waals surface area contributed by atoms with Gasteiger partial charge < -0.3 is 9.67 Å². The van der Waals surface area contributed by atoms with Crippen LogP contribution in [0.4, 0.5) is 23.2 Å². The number of nitrogens with zero attached hydrogens (tertiary/aromatic N) is 2. The Hall–Kier alpha value is -4.46. The van der Waals surface area contributed by atoms with Crippen molar-refractivity contribution in [1.29, 1.82) is 0 Å². The molecule has 0 saturated heterocycles. The van der Waals surface area contributed by atoms with Crippen LogP contribution in [0.3, 0.4) is 0 Å². The molecular formula is C31H22F4N2O2. The maximum atomic E-state index is 14.2. The van der Waals surface area contributed by atoms with E-state index in [9.17, 15) is 27.5 Å². The van der Waals surface area contributed by atoms with E-state index in [0.717, 1.165) is 29.1 Å². The third-order valence-electron chi connectivity index (χ3n) is 7.63. The summed E-state index contributed by atoms with van der Waals surface area (Å²) in [5.41, 5.74) is 2.00. The van der Waals surface area contributed by atoms with Gasteiger partial charge in [-0.25, -0.2) is 4.39 Å². The second kappa shape index (κ2) is 8.27. The second-order valence-electron chi connectivity index (χ2n) is 10.3. The summed E-state index contributed by atoms with van der Waals surface area (Å²) in [7, 11) is 1.89. The van der Waals surface area contributed by atoms with E-state index in [0.29, 0.717) is 22.5 Å². The van der Waals surface area contributed by atoms with Gasteiger partial charge in [0.2, 0.25) is 5.69 Å². The summed E-state index contributed by atoms with van der Waals surface area (Å²) in [5, 5.41) is 13.9. The molecule has 0 fully saturated rings. The largest absolute Gasteiger partial charge is 0.871 e. The molecule has 1 aliphatic carbocycles. The van der Waals surface area contributed by atoms with Crippen LogP contribution in [0.5, 0.6) is 0 Å². The fourth-order valence-electron chi connectivity index (χ4n) is 5.65.